The lowest BCUT2D eigenvalue weighted by Crippen LogP contribution is -2.74. The van der Waals surface area contributed by atoms with Crippen molar-refractivity contribution < 1.29 is 37.7 Å². The van der Waals surface area contributed by atoms with Crippen LogP contribution < -0.4 is 16.1 Å². The van der Waals surface area contributed by atoms with Crippen molar-refractivity contribution in [3.63, 3.8) is 0 Å². The molecule has 10 rings (SSSR count). The number of ether oxygens (including phenoxy) is 2. The SMILES string of the molecule is CCOC(=O)c1c(SCC2=C(C(=O)OC(c3ccccc3)c3ccccc3)N3C(=O)C(NC(=O)/C(=N\OC)c4csc(NC(c5ccccc5)(c5ccccc5)c5ccccc5)n4)[C@H]3S(=O)C2)sc2ccccc2c1=O. The molecular weight excluding hydrogens is 1040 g/mol. The van der Waals surface area contributed by atoms with Gasteiger partial charge in [0.1, 0.15) is 41.0 Å². The van der Waals surface area contributed by atoms with E-state index in [4.69, 9.17) is 19.3 Å². The topological polar surface area (TPSA) is 183 Å². The average Bonchev–Trinajstić information content (AvgIpc) is 3.93. The number of hydrogen-bond acceptors (Lipinski definition) is 15. The maximum atomic E-state index is 14.9. The fraction of sp³-hybridized carbons (Fsp3) is 0.155. The van der Waals surface area contributed by atoms with Gasteiger partial charge >= 0.3 is 11.9 Å². The molecule has 14 nitrogen and oxygen atoms in total. The first-order valence-electron chi connectivity index (χ1n) is 24.0. The third-order valence-corrected chi connectivity index (χ3v) is 17.7. The summed E-state index contributed by atoms with van der Waals surface area (Å²) >= 11 is 3.53. The second kappa shape index (κ2) is 22.8. The molecule has 2 N–H and O–H groups in total. The fourth-order valence-corrected chi connectivity index (χ4v) is 14.3. The van der Waals surface area contributed by atoms with Crippen molar-refractivity contribution in [1.82, 2.24) is 15.2 Å². The number of amides is 2. The summed E-state index contributed by atoms with van der Waals surface area (Å²) in [6.07, 6.45) is -0.918. The van der Waals surface area contributed by atoms with Crippen LogP contribution in [0.3, 0.4) is 0 Å². The zero-order valence-electron chi connectivity index (χ0n) is 40.8. The maximum Gasteiger partial charge on any atom is 0.356 e. The van der Waals surface area contributed by atoms with Gasteiger partial charge in [0, 0.05) is 21.2 Å². The highest BCUT2D eigenvalue weighted by atomic mass is 32.2. The number of carbonyl (C=O) groups is 4. The van der Waals surface area contributed by atoms with Crippen molar-refractivity contribution in [3.8, 4) is 0 Å². The first-order chi connectivity index (χ1) is 37.1. The number of β-lactam (4-membered cyclic amide) rings is 1. The van der Waals surface area contributed by atoms with Crippen LogP contribution in [0.2, 0.25) is 0 Å². The minimum Gasteiger partial charge on any atom is -0.462 e. The van der Waals surface area contributed by atoms with Crippen molar-refractivity contribution in [3.05, 3.63) is 242 Å². The zero-order chi connectivity index (χ0) is 52.8. The van der Waals surface area contributed by atoms with Crippen LogP contribution in [0.25, 0.3) is 10.1 Å². The summed E-state index contributed by atoms with van der Waals surface area (Å²) in [6.45, 7) is 1.67. The number of carbonyl (C=O) groups excluding carboxylic acids is 4. The lowest BCUT2D eigenvalue weighted by molar-refractivity contribution is -0.154. The van der Waals surface area contributed by atoms with Crippen molar-refractivity contribution in [2.24, 2.45) is 5.16 Å². The quantitative estimate of drug-likeness (QED) is 0.0208. The van der Waals surface area contributed by atoms with Crippen LogP contribution in [0.4, 0.5) is 5.13 Å². The minimum absolute atomic E-state index is 0.0277. The van der Waals surface area contributed by atoms with Crippen LogP contribution >= 0.6 is 34.4 Å². The number of nitrogens with one attached hydrogen (secondary N) is 2. The highest BCUT2D eigenvalue weighted by Gasteiger charge is 2.58. The van der Waals surface area contributed by atoms with E-state index in [0.29, 0.717) is 30.6 Å². The molecule has 0 aliphatic carbocycles. The van der Waals surface area contributed by atoms with Gasteiger partial charge in [0.05, 0.1) is 27.4 Å². The largest absolute Gasteiger partial charge is 0.462 e. The molecule has 1 fully saturated rings. The second-order valence-electron chi connectivity index (χ2n) is 17.4. The Bertz CT molecular complexity index is 3460. The van der Waals surface area contributed by atoms with Gasteiger partial charge in [-0.15, -0.1) is 34.4 Å². The molecule has 2 unspecified atom stereocenters. The van der Waals surface area contributed by atoms with E-state index >= 15 is 0 Å². The minimum atomic E-state index is -1.91. The van der Waals surface area contributed by atoms with E-state index in [-0.39, 0.29) is 46.4 Å². The van der Waals surface area contributed by atoms with Crippen molar-refractivity contribution >= 4 is 89.9 Å². The first kappa shape index (κ1) is 51.5. The van der Waals surface area contributed by atoms with Crippen LogP contribution in [-0.2, 0) is 45.0 Å². The number of oxime groups is 1. The van der Waals surface area contributed by atoms with Crippen LogP contribution in [0.15, 0.2) is 207 Å². The molecule has 1 saturated heterocycles. The monoisotopic (exact) mass is 1090 g/mol. The molecule has 2 aliphatic heterocycles. The number of anilines is 1. The standard InChI is InChI=1S/C58H47N5O9S4/c1-3-71-54(67)45-49(64)42-31-19-20-32-44(42)75-56(45)73-33-38-35-76(69)53-47(52(66)63(53)48(38)55(68)72-50(36-21-9-4-10-22-36)37-23-11-5-12-24-37)60-51(65)46(62-70-2)43-34-74-57(59-43)61-58(39-25-13-6-14-26-39,40-27-15-7-16-28-40)41-29-17-8-18-30-41/h4-32,34,47,50,53H,3,33,35H2,1-2H3,(H,59,61)(H,60,65)/b62-46-/t47?,53-,76?/m1/s1. The van der Waals surface area contributed by atoms with Crippen molar-refractivity contribution in [1.29, 1.82) is 0 Å². The Hall–Kier alpha value is -8.03. The number of fused-ring (bicyclic) bond motifs is 2. The van der Waals surface area contributed by atoms with Gasteiger partial charge in [-0.05, 0) is 52.4 Å². The van der Waals surface area contributed by atoms with Crippen LogP contribution in [-0.4, -0.2) is 80.2 Å². The molecule has 2 amide bonds. The summed E-state index contributed by atoms with van der Waals surface area (Å²) in [7, 11) is -0.625. The van der Waals surface area contributed by atoms with Crippen LogP contribution in [0, 0.1) is 0 Å². The number of esters is 2. The molecule has 3 atom stereocenters. The smallest absolute Gasteiger partial charge is 0.356 e. The van der Waals surface area contributed by atoms with Crippen LogP contribution in [0.5, 0.6) is 0 Å². The van der Waals surface area contributed by atoms with Crippen molar-refractivity contribution in [2.45, 2.75) is 34.2 Å². The van der Waals surface area contributed by atoms with E-state index in [9.17, 15) is 28.2 Å². The molecule has 0 spiro atoms. The third kappa shape index (κ3) is 10.1. The summed E-state index contributed by atoms with van der Waals surface area (Å²) in [4.78, 5) is 82.5. The average molecular weight is 1090 g/mol. The van der Waals surface area contributed by atoms with E-state index in [0.717, 1.165) is 33.4 Å². The van der Waals surface area contributed by atoms with E-state index < -0.39 is 63.0 Å². The molecule has 382 valence electrons. The summed E-state index contributed by atoms with van der Waals surface area (Å²) in [5.74, 6) is -3.54. The van der Waals surface area contributed by atoms with Crippen molar-refractivity contribution in [2.75, 3.05) is 30.5 Å². The molecular formula is C58H47N5O9S4. The number of benzene rings is 6. The Kier molecular flexibility index (Phi) is 15.5. The Morgan fingerprint density at radius 1 is 0.789 bits per heavy atom. The number of nitrogens with zero attached hydrogens (tertiary/aromatic N) is 3. The Labute approximate surface area is 451 Å². The molecule has 0 bridgehead atoms. The van der Waals surface area contributed by atoms with Gasteiger partial charge in [0.2, 0.25) is 5.43 Å². The summed E-state index contributed by atoms with van der Waals surface area (Å²) in [5.41, 5.74) is 2.51. The fourth-order valence-electron chi connectivity index (χ4n) is 9.34. The van der Waals surface area contributed by atoms with Gasteiger partial charge in [0.15, 0.2) is 16.9 Å². The molecule has 0 radical (unpaired) electrons. The van der Waals surface area contributed by atoms with Gasteiger partial charge in [-0.2, -0.15) is 0 Å². The summed E-state index contributed by atoms with van der Waals surface area (Å²) < 4.78 is 27.2. The molecule has 0 saturated carbocycles. The van der Waals surface area contributed by atoms with Crippen LogP contribution in [0.1, 0.15) is 56.9 Å². The van der Waals surface area contributed by atoms with E-state index in [2.05, 4.69) is 15.8 Å². The highest BCUT2D eigenvalue weighted by Crippen LogP contribution is 2.43. The Balaban J connectivity index is 0.970. The summed E-state index contributed by atoms with van der Waals surface area (Å²) in [5, 5.41) is 11.7. The normalized spacial score (nSPS) is 16.4. The number of aromatic nitrogens is 1. The Morgan fingerprint density at radius 2 is 1.34 bits per heavy atom. The third-order valence-electron chi connectivity index (χ3n) is 12.8. The molecule has 18 heteroatoms. The molecule has 2 aliphatic rings. The van der Waals surface area contributed by atoms with E-state index in [1.165, 1.54) is 29.8 Å². The zero-order valence-corrected chi connectivity index (χ0v) is 44.1. The van der Waals surface area contributed by atoms with Gasteiger partial charge in [0.25, 0.3) is 11.8 Å². The maximum absolute atomic E-state index is 14.9. The van der Waals surface area contributed by atoms with E-state index in [1.54, 1.807) is 36.6 Å². The van der Waals surface area contributed by atoms with Gasteiger partial charge in [-0.3, -0.25) is 23.5 Å². The number of hydrogen-bond donors (Lipinski definition) is 2. The number of thiazole rings is 1. The predicted octanol–water partition coefficient (Wildman–Crippen LogP) is 9.44. The van der Waals surface area contributed by atoms with Gasteiger partial charge in [-0.1, -0.05) is 169 Å². The second-order valence-corrected chi connectivity index (χ2v) is 22.1. The lowest BCUT2D eigenvalue weighted by Gasteiger charge is -2.49. The predicted molar refractivity (Wildman–Crippen MR) is 297 cm³/mol. The number of thioether (sulfide) groups is 1. The molecule has 6 aromatic carbocycles. The molecule has 8 aromatic rings. The Morgan fingerprint density at radius 3 is 1.91 bits per heavy atom. The summed E-state index contributed by atoms with van der Waals surface area (Å²) in [6, 6.07) is 53.6. The highest BCUT2D eigenvalue weighted by molar-refractivity contribution is 8.01. The molecule has 76 heavy (non-hydrogen) atoms. The van der Waals surface area contributed by atoms with E-state index in [1.807, 2.05) is 152 Å². The molecule has 2 aromatic heterocycles. The van der Waals surface area contributed by atoms with Gasteiger partial charge < -0.3 is 24.9 Å². The van der Waals surface area contributed by atoms with Gasteiger partial charge in [-0.25, -0.2) is 14.6 Å². The number of rotatable bonds is 18. The first-order valence-corrected chi connectivity index (χ1v) is 28.1. The lowest BCUT2D eigenvalue weighted by atomic mass is 9.77. The molecule has 4 heterocycles.